The summed E-state index contributed by atoms with van der Waals surface area (Å²) in [7, 11) is 0. The van der Waals surface area contributed by atoms with Crippen LogP contribution >= 0.6 is 0 Å². The Balaban J connectivity index is 1.40. The molecule has 212 valence electrons. The Morgan fingerprint density at radius 2 is 1.51 bits per heavy atom. The number of hydrogen-bond acceptors (Lipinski definition) is 3. The van der Waals surface area contributed by atoms with Crippen molar-refractivity contribution in [3.8, 4) is 5.75 Å². The fraction of sp³-hybridized carbons (Fsp3) is 0.571. The molecule has 39 heavy (non-hydrogen) atoms. The van der Waals surface area contributed by atoms with E-state index in [1.807, 2.05) is 0 Å². The fourth-order valence-corrected chi connectivity index (χ4v) is 6.58. The van der Waals surface area contributed by atoms with Crippen LogP contribution in [0.2, 0.25) is 0 Å². The van der Waals surface area contributed by atoms with Gasteiger partial charge in [0.25, 0.3) is 5.91 Å². The molecule has 3 aliphatic rings. The standard InChI is InChI=1S/C28H29F6NO4/c29-27(30,31)18-6-8-21(9-7-18)39-23-11-5-15-12-16(4-10-22(15)24(23)28(32,33)34)25(36)35-19-2-1-3-20(35)14-17(13-19)26(37)38/h4-5,10-12,17-21H,1-3,6-9,13-14H2,(H,37,38). The molecule has 1 aliphatic carbocycles. The van der Waals surface area contributed by atoms with Crippen LogP contribution in [0.1, 0.15) is 73.7 Å². The van der Waals surface area contributed by atoms with Gasteiger partial charge in [0.2, 0.25) is 0 Å². The number of benzene rings is 2. The molecule has 5 nitrogen and oxygen atoms in total. The van der Waals surface area contributed by atoms with E-state index >= 15 is 0 Å². The summed E-state index contributed by atoms with van der Waals surface area (Å²) in [6, 6.07) is 6.13. The van der Waals surface area contributed by atoms with Gasteiger partial charge in [-0.2, -0.15) is 26.3 Å². The second-order valence-corrected chi connectivity index (χ2v) is 11.0. The molecular formula is C28H29F6NO4. The van der Waals surface area contributed by atoms with Crippen LogP contribution in [-0.4, -0.2) is 46.2 Å². The number of piperidine rings is 2. The largest absolute Gasteiger partial charge is 0.490 e. The van der Waals surface area contributed by atoms with Crippen molar-refractivity contribution in [2.45, 2.75) is 88.3 Å². The van der Waals surface area contributed by atoms with Crippen LogP contribution in [0.5, 0.6) is 5.75 Å². The molecule has 2 aliphatic heterocycles. The molecule has 1 N–H and O–H groups in total. The summed E-state index contributed by atoms with van der Waals surface area (Å²) in [6.45, 7) is 0. The highest BCUT2D eigenvalue weighted by Crippen LogP contribution is 2.44. The van der Waals surface area contributed by atoms with Crippen LogP contribution in [0.15, 0.2) is 30.3 Å². The Morgan fingerprint density at radius 3 is 2.08 bits per heavy atom. The van der Waals surface area contributed by atoms with Gasteiger partial charge in [-0.15, -0.1) is 0 Å². The zero-order chi connectivity index (χ0) is 28.1. The van der Waals surface area contributed by atoms with E-state index in [0.717, 1.165) is 6.42 Å². The summed E-state index contributed by atoms with van der Waals surface area (Å²) < 4.78 is 87.2. The second-order valence-electron chi connectivity index (χ2n) is 11.0. The predicted molar refractivity (Wildman–Crippen MR) is 129 cm³/mol. The molecule has 3 fully saturated rings. The summed E-state index contributed by atoms with van der Waals surface area (Å²) in [5.74, 6) is -3.63. The number of halogens is 6. The van der Waals surface area contributed by atoms with Gasteiger partial charge in [-0.25, -0.2) is 0 Å². The maximum Gasteiger partial charge on any atom is 0.420 e. The lowest BCUT2D eigenvalue weighted by atomic mass is 9.78. The van der Waals surface area contributed by atoms with Crippen molar-refractivity contribution in [3.63, 3.8) is 0 Å². The van der Waals surface area contributed by atoms with Gasteiger partial charge in [0.15, 0.2) is 0 Å². The number of carboxylic acid groups (broad SMARTS) is 1. The molecular weight excluding hydrogens is 528 g/mol. The lowest BCUT2D eigenvalue weighted by Crippen LogP contribution is -2.55. The number of rotatable bonds is 4. The third-order valence-corrected chi connectivity index (χ3v) is 8.50. The molecule has 2 heterocycles. The summed E-state index contributed by atoms with van der Waals surface area (Å²) >= 11 is 0. The van der Waals surface area contributed by atoms with E-state index in [9.17, 15) is 41.0 Å². The second kappa shape index (κ2) is 10.2. The van der Waals surface area contributed by atoms with Crippen molar-refractivity contribution in [1.82, 2.24) is 4.90 Å². The number of fused-ring (bicyclic) bond motifs is 3. The Labute approximate surface area is 221 Å². The molecule has 2 atom stereocenters. The van der Waals surface area contributed by atoms with E-state index in [-0.39, 0.29) is 60.0 Å². The summed E-state index contributed by atoms with van der Waals surface area (Å²) in [6.07, 6.45) is -7.28. The lowest BCUT2D eigenvalue weighted by Gasteiger charge is -2.48. The van der Waals surface area contributed by atoms with Crippen molar-refractivity contribution in [3.05, 3.63) is 41.5 Å². The monoisotopic (exact) mass is 557 g/mol. The number of carboxylic acids is 1. The Bertz CT molecular complexity index is 1240. The highest BCUT2D eigenvalue weighted by molar-refractivity contribution is 6.00. The number of amides is 1. The quantitative estimate of drug-likeness (QED) is 0.403. The normalized spacial score (nSPS) is 27.8. The highest BCUT2D eigenvalue weighted by atomic mass is 19.4. The summed E-state index contributed by atoms with van der Waals surface area (Å²) in [5, 5.41) is 9.49. The Morgan fingerprint density at radius 1 is 0.872 bits per heavy atom. The zero-order valence-electron chi connectivity index (χ0n) is 21.0. The number of carbonyl (C=O) groups excluding carboxylic acids is 1. The number of alkyl halides is 6. The molecule has 2 aromatic carbocycles. The van der Waals surface area contributed by atoms with E-state index in [1.165, 1.54) is 30.3 Å². The van der Waals surface area contributed by atoms with Crippen LogP contribution in [0.25, 0.3) is 10.8 Å². The molecule has 2 unspecified atom stereocenters. The van der Waals surface area contributed by atoms with Gasteiger partial charge in [-0.1, -0.05) is 12.1 Å². The molecule has 2 saturated heterocycles. The third kappa shape index (κ3) is 5.54. The summed E-state index contributed by atoms with van der Waals surface area (Å²) in [5.41, 5.74) is -0.795. The fourth-order valence-electron chi connectivity index (χ4n) is 6.58. The lowest BCUT2D eigenvalue weighted by molar-refractivity contribution is -0.185. The maximum absolute atomic E-state index is 14.2. The van der Waals surface area contributed by atoms with Gasteiger partial charge in [0.05, 0.1) is 17.9 Å². The van der Waals surface area contributed by atoms with Gasteiger partial charge >= 0.3 is 18.3 Å². The predicted octanol–water partition coefficient (Wildman–Crippen LogP) is 7.22. The number of ether oxygens (including phenoxy) is 1. The molecule has 0 spiro atoms. The van der Waals surface area contributed by atoms with Crippen LogP contribution in [0.3, 0.4) is 0 Å². The van der Waals surface area contributed by atoms with Gasteiger partial charge in [-0.3, -0.25) is 9.59 Å². The summed E-state index contributed by atoms with van der Waals surface area (Å²) in [4.78, 5) is 26.8. The van der Waals surface area contributed by atoms with E-state index in [4.69, 9.17) is 4.74 Å². The average Bonchev–Trinajstić information content (AvgIpc) is 2.86. The van der Waals surface area contributed by atoms with Crippen LogP contribution < -0.4 is 4.74 Å². The molecule has 1 saturated carbocycles. The molecule has 0 radical (unpaired) electrons. The van der Waals surface area contributed by atoms with Gasteiger partial charge < -0.3 is 14.7 Å². The molecule has 2 bridgehead atoms. The maximum atomic E-state index is 14.2. The van der Waals surface area contributed by atoms with Crippen LogP contribution in [0.4, 0.5) is 26.3 Å². The number of hydrogen-bond donors (Lipinski definition) is 1. The molecule has 11 heteroatoms. The number of aliphatic carboxylic acids is 1. The average molecular weight is 558 g/mol. The van der Waals surface area contributed by atoms with Crippen molar-refractivity contribution in [2.24, 2.45) is 11.8 Å². The van der Waals surface area contributed by atoms with E-state index in [1.54, 1.807) is 4.90 Å². The van der Waals surface area contributed by atoms with Crippen molar-refractivity contribution in [2.75, 3.05) is 0 Å². The SMILES string of the molecule is O=C(O)C1CC2CCCC(C1)N2C(=O)c1ccc2c(C(F)(F)F)c(OC3CCC(C(F)(F)F)CC3)ccc2c1. The first-order chi connectivity index (χ1) is 18.3. The highest BCUT2D eigenvalue weighted by Gasteiger charge is 2.44. The minimum absolute atomic E-state index is 0.00779. The molecule has 5 rings (SSSR count). The van der Waals surface area contributed by atoms with Gasteiger partial charge in [0, 0.05) is 17.6 Å². The third-order valence-electron chi connectivity index (χ3n) is 8.50. The van der Waals surface area contributed by atoms with E-state index in [2.05, 4.69) is 0 Å². The van der Waals surface area contributed by atoms with Crippen LogP contribution in [0, 0.1) is 11.8 Å². The smallest absolute Gasteiger partial charge is 0.420 e. The number of carbonyl (C=O) groups is 2. The van der Waals surface area contributed by atoms with Gasteiger partial charge in [-0.05, 0) is 86.8 Å². The van der Waals surface area contributed by atoms with Crippen LogP contribution in [-0.2, 0) is 11.0 Å². The topological polar surface area (TPSA) is 66.8 Å². The Kier molecular flexibility index (Phi) is 7.22. The van der Waals surface area contributed by atoms with E-state index < -0.39 is 47.6 Å². The van der Waals surface area contributed by atoms with Crippen molar-refractivity contribution in [1.29, 1.82) is 0 Å². The van der Waals surface area contributed by atoms with E-state index in [0.29, 0.717) is 25.7 Å². The van der Waals surface area contributed by atoms with Gasteiger partial charge in [0.1, 0.15) is 11.3 Å². The first-order valence-corrected chi connectivity index (χ1v) is 13.3. The first-order valence-electron chi connectivity index (χ1n) is 13.3. The molecule has 1 amide bonds. The minimum atomic E-state index is -4.79. The first kappa shape index (κ1) is 27.6. The zero-order valence-corrected chi connectivity index (χ0v) is 21.0. The Hall–Kier alpha value is -2.98. The molecule has 2 aromatic rings. The molecule has 0 aromatic heterocycles. The van der Waals surface area contributed by atoms with Crippen molar-refractivity contribution < 1.29 is 45.8 Å². The number of nitrogens with zero attached hydrogens (tertiary/aromatic N) is 1. The van der Waals surface area contributed by atoms with Crippen molar-refractivity contribution >= 4 is 22.6 Å². The minimum Gasteiger partial charge on any atom is -0.490 e.